The highest BCUT2D eigenvalue weighted by atomic mass is 32.2. The van der Waals surface area contributed by atoms with E-state index in [9.17, 15) is 18.0 Å². The molecule has 0 spiro atoms. The lowest BCUT2D eigenvalue weighted by Crippen LogP contribution is -2.51. The van der Waals surface area contributed by atoms with Gasteiger partial charge in [-0.05, 0) is 43.9 Å². The highest BCUT2D eigenvalue weighted by Gasteiger charge is 2.31. The Hall–Kier alpha value is -2.17. The van der Waals surface area contributed by atoms with Gasteiger partial charge in [-0.25, -0.2) is 13.1 Å². The Labute approximate surface area is 176 Å². The Morgan fingerprint density at radius 3 is 2.33 bits per heavy atom. The van der Waals surface area contributed by atoms with Crippen LogP contribution in [0.25, 0.3) is 0 Å². The highest BCUT2D eigenvalue weighted by molar-refractivity contribution is 7.89. The summed E-state index contributed by atoms with van der Waals surface area (Å²) < 4.78 is 33.2. The van der Waals surface area contributed by atoms with Crippen LogP contribution in [0, 0.1) is 0 Å². The Bertz CT molecular complexity index is 919. The van der Waals surface area contributed by atoms with Crippen LogP contribution in [-0.4, -0.2) is 81.9 Å². The molecule has 3 aliphatic rings. The fourth-order valence-electron chi connectivity index (χ4n) is 3.50. The second-order valence-corrected chi connectivity index (χ2v) is 9.85. The van der Waals surface area contributed by atoms with Crippen molar-refractivity contribution >= 4 is 21.8 Å². The molecule has 0 bridgehead atoms. The molecule has 1 aromatic carbocycles. The van der Waals surface area contributed by atoms with Gasteiger partial charge in [-0.15, -0.1) is 0 Å². The second kappa shape index (κ2) is 8.52. The van der Waals surface area contributed by atoms with Crippen molar-refractivity contribution in [3.8, 4) is 5.75 Å². The van der Waals surface area contributed by atoms with E-state index in [2.05, 4.69) is 10.0 Å². The van der Waals surface area contributed by atoms with Crippen LogP contribution in [0.15, 0.2) is 23.1 Å². The van der Waals surface area contributed by atoms with Crippen molar-refractivity contribution in [3.05, 3.63) is 23.8 Å². The summed E-state index contributed by atoms with van der Waals surface area (Å²) in [7, 11) is -2.34. The van der Waals surface area contributed by atoms with Crippen LogP contribution < -0.4 is 14.8 Å². The van der Waals surface area contributed by atoms with E-state index in [0.717, 1.165) is 25.7 Å². The first kappa shape index (κ1) is 21.1. The van der Waals surface area contributed by atoms with Gasteiger partial charge < -0.3 is 15.0 Å². The minimum atomic E-state index is -3.75. The Morgan fingerprint density at radius 2 is 1.73 bits per heavy atom. The molecule has 4 rings (SSSR count). The Balaban J connectivity index is 1.39. The molecule has 1 heterocycles. The Morgan fingerprint density at radius 1 is 1.07 bits per heavy atom. The zero-order valence-electron chi connectivity index (χ0n) is 17.1. The van der Waals surface area contributed by atoms with Gasteiger partial charge in [-0.1, -0.05) is 0 Å². The molecular formula is C20H28N4O5S. The van der Waals surface area contributed by atoms with E-state index >= 15 is 0 Å². The van der Waals surface area contributed by atoms with E-state index in [1.165, 1.54) is 19.2 Å². The van der Waals surface area contributed by atoms with Crippen LogP contribution >= 0.6 is 0 Å². The van der Waals surface area contributed by atoms with Crippen molar-refractivity contribution in [1.82, 2.24) is 19.8 Å². The van der Waals surface area contributed by atoms with Gasteiger partial charge in [0.25, 0.3) is 5.91 Å². The molecule has 2 saturated carbocycles. The van der Waals surface area contributed by atoms with Crippen LogP contribution in [-0.2, 0) is 14.8 Å². The van der Waals surface area contributed by atoms with E-state index in [0.29, 0.717) is 44.3 Å². The van der Waals surface area contributed by atoms with Crippen LogP contribution in [0.1, 0.15) is 36.0 Å². The zero-order chi connectivity index (χ0) is 21.3. The third kappa shape index (κ3) is 5.11. The molecular weight excluding hydrogens is 408 g/mol. The molecule has 9 nitrogen and oxygen atoms in total. The minimum Gasteiger partial charge on any atom is -0.495 e. The molecule has 3 fully saturated rings. The van der Waals surface area contributed by atoms with E-state index in [4.69, 9.17) is 4.74 Å². The summed E-state index contributed by atoms with van der Waals surface area (Å²) in [5.41, 5.74) is 0.312. The molecule has 2 aliphatic carbocycles. The molecule has 30 heavy (non-hydrogen) atoms. The number of piperazine rings is 1. The van der Waals surface area contributed by atoms with E-state index in [1.54, 1.807) is 11.0 Å². The molecule has 1 saturated heterocycles. The largest absolute Gasteiger partial charge is 0.495 e. The van der Waals surface area contributed by atoms with Crippen LogP contribution in [0.3, 0.4) is 0 Å². The van der Waals surface area contributed by atoms with Crippen molar-refractivity contribution in [1.29, 1.82) is 0 Å². The molecule has 0 radical (unpaired) electrons. The van der Waals surface area contributed by atoms with Gasteiger partial charge in [0.15, 0.2) is 0 Å². The zero-order valence-corrected chi connectivity index (χ0v) is 17.9. The summed E-state index contributed by atoms with van der Waals surface area (Å²) in [4.78, 5) is 28.6. The number of amides is 2. The van der Waals surface area contributed by atoms with Gasteiger partial charge in [-0.2, -0.15) is 0 Å². The van der Waals surface area contributed by atoms with Gasteiger partial charge in [-0.3, -0.25) is 14.5 Å². The fourth-order valence-corrected chi connectivity index (χ4v) is 5.00. The average Bonchev–Trinajstić information content (AvgIpc) is 3.65. The lowest BCUT2D eigenvalue weighted by Gasteiger charge is -2.34. The lowest BCUT2D eigenvalue weighted by molar-refractivity contribution is -0.122. The van der Waals surface area contributed by atoms with Crippen molar-refractivity contribution < 1.29 is 22.7 Å². The minimum absolute atomic E-state index is 0.0156. The second-order valence-electron chi connectivity index (χ2n) is 8.17. The summed E-state index contributed by atoms with van der Waals surface area (Å²) in [5, 5.41) is 2.97. The fraction of sp³-hybridized carbons (Fsp3) is 0.600. The number of benzene rings is 1. The number of ether oxygens (including phenoxy) is 1. The molecule has 0 atom stereocenters. The quantitative estimate of drug-likeness (QED) is 0.602. The maximum absolute atomic E-state index is 13.0. The number of nitrogens with zero attached hydrogens (tertiary/aromatic N) is 2. The van der Waals surface area contributed by atoms with Crippen molar-refractivity contribution in [3.63, 3.8) is 0 Å². The standard InChI is InChI=1S/C20H28N4O5S/c1-29-17-7-2-14(12-18(17)30(27,28)22-16-5-6-16)20(26)24-10-8-23(9-11-24)13-19(25)21-15-3-4-15/h2,7,12,15-16,22H,3-6,8-11,13H2,1H3,(H,21,25). The predicted octanol–water partition coefficient (Wildman–Crippen LogP) is 0.172. The maximum Gasteiger partial charge on any atom is 0.253 e. The first-order chi connectivity index (χ1) is 14.4. The van der Waals surface area contributed by atoms with E-state index in [-0.39, 0.29) is 28.5 Å². The highest BCUT2D eigenvalue weighted by Crippen LogP contribution is 2.29. The van der Waals surface area contributed by atoms with Gasteiger partial charge in [0.2, 0.25) is 15.9 Å². The van der Waals surface area contributed by atoms with Crippen molar-refractivity contribution in [2.75, 3.05) is 39.8 Å². The van der Waals surface area contributed by atoms with Crippen molar-refractivity contribution in [2.45, 2.75) is 42.7 Å². The molecule has 164 valence electrons. The molecule has 2 N–H and O–H groups in total. The van der Waals surface area contributed by atoms with Crippen LogP contribution in [0.2, 0.25) is 0 Å². The number of hydrogen-bond donors (Lipinski definition) is 2. The third-order valence-corrected chi connectivity index (χ3v) is 7.11. The monoisotopic (exact) mass is 436 g/mol. The molecule has 1 aromatic rings. The van der Waals surface area contributed by atoms with Gasteiger partial charge in [0, 0.05) is 43.8 Å². The topological polar surface area (TPSA) is 108 Å². The number of methoxy groups -OCH3 is 1. The summed E-state index contributed by atoms with van der Waals surface area (Å²) in [5.74, 6) is 0.0271. The smallest absolute Gasteiger partial charge is 0.253 e. The first-order valence-electron chi connectivity index (χ1n) is 10.4. The number of hydrogen-bond acceptors (Lipinski definition) is 6. The van der Waals surface area contributed by atoms with Gasteiger partial charge in [0.1, 0.15) is 10.6 Å². The molecule has 1 aliphatic heterocycles. The number of nitrogens with one attached hydrogen (secondary N) is 2. The molecule has 0 aromatic heterocycles. The number of sulfonamides is 1. The number of carbonyl (C=O) groups excluding carboxylic acids is 2. The summed E-state index contributed by atoms with van der Waals surface area (Å²) >= 11 is 0. The molecule has 0 unspecified atom stereocenters. The average molecular weight is 437 g/mol. The SMILES string of the molecule is COc1ccc(C(=O)N2CCN(CC(=O)NC3CC3)CC2)cc1S(=O)(=O)NC1CC1. The lowest BCUT2D eigenvalue weighted by atomic mass is 10.1. The predicted molar refractivity (Wildman–Crippen MR) is 110 cm³/mol. The maximum atomic E-state index is 13.0. The Kier molecular flexibility index (Phi) is 5.99. The summed E-state index contributed by atoms with van der Waals surface area (Å²) in [6, 6.07) is 4.81. The third-order valence-electron chi connectivity index (χ3n) is 5.57. The van der Waals surface area contributed by atoms with Crippen molar-refractivity contribution in [2.24, 2.45) is 0 Å². The number of carbonyl (C=O) groups is 2. The van der Waals surface area contributed by atoms with E-state index < -0.39 is 10.0 Å². The van der Waals surface area contributed by atoms with E-state index in [1.807, 2.05) is 4.90 Å². The first-order valence-corrected chi connectivity index (χ1v) is 11.9. The van der Waals surface area contributed by atoms with Gasteiger partial charge >= 0.3 is 0 Å². The normalized spacial score (nSPS) is 20.1. The summed E-state index contributed by atoms with van der Waals surface area (Å²) in [6.07, 6.45) is 3.76. The van der Waals surface area contributed by atoms with Crippen LogP contribution in [0.4, 0.5) is 0 Å². The van der Waals surface area contributed by atoms with Crippen LogP contribution in [0.5, 0.6) is 5.75 Å². The molecule has 2 amide bonds. The summed E-state index contributed by atoms with van der Waals surface area (Å²) in [6.45, 7) is 2.53. The van der Waals surface area contributed by atoms with Gasteiger partial charge in [0.05, 0.1) is 13.7 Å². The molecule has 10 heteroatoms. The number of rotatable bonds is 8.